The summed E-state index contributed by atoms with van der Waals surface area (Å²) in [6.45, 7) is 2.13. The molecule has 1 aromatic heterocycles. The molecule has 0 aliphatic carbocycles. The van der Waals surface area contributed by atoms with Crippen molar-refractivity contribution in [2.45, 2.75) is 19.4 Å². The van der Waals surface area contributed by atoms with E-state index in [9.17, 15) is 0 Å². The molecule has 1 heterocycles. The molecule has 0 bridgehead atoms. The van der Waals surface area contributed by atoms with E-state index in [1.165, 1.54) is 5.56 Å². The molecule has 2 aromatic rings. The summed E-state index contributed by atoms with van der Waals surface area (Å²) < 4.78 is 0. The van der Waals surface area contributed by atoms with E-state index in [4.69, 9.17) is 17.3 Å². The van der Waals surface area contributed by atoms with Crippen molar-refractivity contribution in [3.63, 3.8) is 0 Å². The second-order valence-electron chi connectivity index (χ2n) is 4.09. The summed E-state index contributed by atoms with van der Waals surface area (Å²) in [4.78, 5) is 0. The lowest BCUT2D eigenvalue weighted by Crippen LogP contribution is -2.18. The van der Waals surface area contributed by atoms with Crippen LogP contribution in [0.4, 0.5) is 11.4 Å². The highest BCUT2D eigenvalue weighted by atomic mass is 35.5. The second kappa shape index (κ2) is 5.43. The Morgan fingerprint density at radius 2 is 2.24 bits per heavy atom. The predicted octanol–water partition coefficient (Wildman–Crippen LogP) is 4.03. The highest BCUT2D eigenvalue weighted by Gasteiger charge is 2.09. The fourth-order valence-corrected chi connectivity index (χ4v) is 2.67. The number of para-hydroxylation sites is 1. The molecule has 17 heavy (non-hydrogen) atoms. The average Bonchev–Trinajstić information content (AvgIpc) is 2.76. The molecule has 2 rings (SSSR count). The third-order valence-corrected chi connectivity index (χ3v) is 3.61. The highest BCUT2D eigenvalue weighted by molar-refractivity contribution is 7.07. The molecule has 0 amide bonds. The first-order chi connectivity index (χ1) is 8.16. The monoisotopic (exact) mass is 266 g/mol. The van der Waals surface area contributed by atoms with Gasteiger partial charge in [-0.15, -0.1) is 0 Å². The molecule has 0 radical (unpaired) electrons. The molecule has 0 aliphatic heterocycles. The Labute approximate surface area is 110 Å². The maximum absolute atomic E-state index is 6.12. The van der Waals surface area contributed by atoms with Crippen LogP contribution >= 0.6 is 22.9 Å². The average molecular weight is 267 g/mol. The van der Waals surface area contributed by atoms with Crippen LogP contribution in [0.2, 0.25) is 5.02 Å². The zero-order valence-electron chi connectivity index (χ0n) is 9.61. The fourth-order valence-electron chi connectivity index (χ4n) is 1.75. The first-order valence-electron chi connectivity index (χ1n) is 5.48. The highest BCUT2D eigenvalue weighted by Crippen LogP contribution is 2.28. The van der Waals surface area contributed by atoms with Gasteiger partial charge in [0, 0.05) is 6.04 Å². The lowest BCUT2D eigenvalue weighted by Gasteiger charge is -2.17. The van der Waals surface area contributed by atoms with Crippen LogP contribution in [0.1, 0.15) is 12.5 Å². The van der Waals surface area contributed by atoms with Gasteiger partial charge < -0.3 is 11.1 Å². The summed E-state index contributed by atoms with van der Waals surface area (Å²) in [5.41, 5.74) is 8.75. The van der Waals surface area contributed by atoms with Gasteiger partial charge in [0.05, 0.1) is 16.4 Å². The van der Waals surface area contributed by atoms with Crippen LogP contribution in [0, 0.1) is 0 Å². The molecule has 2 nitrogen and oxygen atoms in total. The molecule has 4 heteroatoms. The summed E-state index contributed by atoms with van der Waals surface area (Å²) in [6, 6.07) is 7.99. The van der Waals surface area contributed by atoms with Gasteiger partial charge in [0.15, 0.2) is 0 Å². The minimum atomic E-state index is 0.298. The van der Waals surface area contributed by atoms with Crippen LogP contribution < -0.4 is 11.1 Å². The number of benzene rings is 1. The van der Waals surface area contributed by atoms with Crippen LogP contribution in [0.5, 0.6) is 0 Å². The van der Waals surface area contributed by atoms with Gasteiger partial charge in [0.25, 0.3) is 0 Å². The van der Waals surface area contributed by atoms with Crippen molar-refractivity contribution >= 4 is 34.3 Å². The van der Waals surface area contributed by atoms with E-state index in [0.717, 1.165) is 12.1 Å². The first-order valence-corrected chi connectivity index (χ1v) is 6.80. The lowest BCUT2D eigenvalue weighted by molar-refractivity contribution is 0.793. The van der Waals surface area contributed by atoms with Gasteiger partial charge in [-0.05, 0) is 47.9 Å². The summed E-state index contributed by atoms with van der Waals surface area (Å²) in [6.07, 6.45) is 0.966. The molecule has 0 aliphatic rings. The second-order valence-corrected chi connectivity index (χ2v) is 5.27. The minimum absolute atomic E-state index is 0.298. The Hall–Kier alpha value is -1.19. The van der Waals surface area contributed by atoms with Crippen molar-refractivity contribution in [1.82, 2.24) is 0 Å². The van der Waals surface area contributed by atoms with E-state index in [1.54, 1.807) is 11.3 Å². The van der Waals surface area contributed by atoms with Crippen molar-refractivity contribution in [3.8, 4) is 0 Å². The van der Waals surface area contributed by atoms with Crippen molar-refractivity contribution < 1.29 is 0 Å². The van der Waals surface area contributed by atoms with Gasteiger partial charge in [0.1, 0.15) is 0 Å². The Bertz CT molecular complexity index is 462. The van der Waals surface area contributed by atoms with Gasteiger partial charge in [0.2, 0.25) is 0 Å². The van der Waals surface area contributed by atoms with E-state index in [1.807, 2.05) is 18.2 Å². The van der Waals surface area contributed by atoms with E-state index >= 15 is 0 Å². The number of hydrogen-bond acceptors (Lipinski definition) is 3. The smallest absolute Gasteiger partial charge is 0.0765 e. The van der Waals surface area contributed by atoms with Crippen LogP contribution in [-0.2, 0) is 6.42 Å². The minimum Gasteiger partial charge on any atom is -0.397 e. The van der Waals surface area contributed by atoms with Gasteiger partial charge in [-0.3, -0.25) is 0 Å². The van der Waals surface area contributed by atoms with Gasteiger partial charge in [-0.1, -0.05) is 17.7 Å². The maximum Gasteiger partial charge on any atom is 0.0765 e. The molecule has 90 valence electrons. The SMILES string of the molecule is CC(Cc1ccsc1)Nc1c(N)cccc1Cl. The van der Waals surface area contributed by atoms with E-state index in [-0.39, 0.29) is 0 Å². The van der Waals surface area contributed by atoms with Crippen molar-refractivity contribution in [2.24, 2.45) is 0 Å². The van der Waals surface area contributed by atoms with Crippen molar-refractivity contribution in [2.75, 3.05) is 11.1 Å². The number of nitrogen functional groups attached to an aromatic ring is 1. The Morgan fingerprint density at radius 3 is 2.88 bits per heavy atom. The Morgan fingerprint density at radius 1 is 1.41 bits per heavy atom. The Kier molecular flexibility index (Phi) is 3.92. The number of anilines is 2. The molecule has 1 unspecified atom stereocenters. The van der Waals surface area contributed by atoms with Crippen LogP contribution in [0.25, 0.3) is 0 Å². The quantitative estimate of drug-likeness (QED) is 0.820. The zero-order chi connectivity index (χ0) is 12.3. The van der Waals surface area contributed by atoms with Gasteiger partial charge in [-0.25, -0.2) is 0 Å². The molecule has 0 saturated carbocycles. The van der Waals surface area contributed by atoms with E-state index in [0.29, 0.717) is 16.8 Å². The number of nitrogens with two attached hydrogens (primary N) is 1. The van der Waals surface area contributed by atoms with Crippen LogP contribution in [0.15, 0.2) is 35.0 Å². The van der Waals surface area contributed by atoms with Crippen LogP contribution in [-0.4, -0.2) is 6.04 Å². The summed E-state index contributed by atoms with van der Waals surface area (Å²) >= 11 is 7.83. The third-order valence-electron chi connectivity index (χ3n) is 2.56. The summed E-state index contributed by atoms with van der Waals surface area (Å²) in [5, 5.41) is 8.28. The maximum atomic E-state index is 6.12. The molecule has 1 aromatic carbocycles. The van der Waals surface area contributed by atoms with Gasteiger partial charge >= 0.3 is 0 Å². The molecule has 1 atom stereocenters. The Balaban J connectivity index is 2.05. The summed E-state index contributed by atoms with van der Waals surface area (Å²) in [5.74, 6) is 0. The van der Waals surface area contributed by atoms with Crippen molar-refractivity contribution in [1.29, 1.82) is 0 Å². The molecule has 0 saturated heterocycles. The molecule has 0 spiro atoms. The number of hydrogen-bond donors (Lipinski definition) is 2. The lowest BCUT2D eigenvalue weighted by atomic mass is 10.1. The van der Waals surface area contributed by atoms with Crippen molar-refractivity contribution in [3.05, 3.63) is 45.6 Å². The largest absolute Gasteiger partial charge is 0.397 e. The number of rotatable bonds is 4. The van der Waals surface area contributed by atoms with Crippen LogP contribution in [0.3, 0.4) is 0 Å². The molecular formula is C13H15ClN2S. The number of halogens is 1. The molecular weight excluding hydrogens is 252 g/mol. The third kappa shape index (κ3) is 3.14. The molecule has 3 N–H and O–H groups in total. The number of thiophene rings is 1. The zero-order valence-corrected chi connectivity index (χ0v) is 11.2. The normalized spacial score (nSPS) is 12.4. The van der Waals surface area contributed by atoms with E-state index < -0.39 is 0 Å². The number of nitrogens with one attached hydrogen (secondary N) is 1. The topological polar surface area (TPSA) is 38.0 Å². The van der Waals surface area contributed by atoms with E-state index in [2.05, 4.69) is 29.1 Å². The molecule has 0 fully saturated rings. The predicted molar refractivity (Wildman–Crippen MR) is 77.0 cm³/mol. The standard InChI is InChI=1S/C13H15ClN2S/c1-9(7-10-5-6-17-8-10)16-13-11(14)3-2-4-12(13)15/h2-6,8-9,16H,7,15H2,1H3. The summed E-state index contributed by atoms with van der Waals surface area (Å²) in [7, 11) is 0. The fraction of sp³-hybridized carbons (Fsp3) is 0.231. The first kappa shape index (κ1) is 12.3. The van der Waals surface area contributed by atoms with Gasteiger partial charge in [-0.2, -0.15) is 11.3 Å².